The fraction of sp³-hybridized carbons (Fsp3) is 0.467. The molecule has 2 aromatic rings. The Balaban J connectivity index is 2.01. The number of aromatic nitrogens is 2. The van der Waals surface area contributed by atoms with Crippen LogP contribution in [0.1, 0.15) is 49.9 Å². The van der Waals surface area contributed by atoms with Crippen molar-refractivity contribution >= 4 is 16.8 Å². The molecular formula is C15H21N3O. The number of nitrogens with one attached hydrogen (secondary N) is 2. The van der Waals surface area contributed by atoms with Gasteiger partial charge < -0.3 is 5.32 Å². The maximum Gasteiger partial charge on any atom is 0.253 e. The van der Waals surface area contributed by atoms with Gasteiger partial charge in [0.05, 0.1) is 17.3 Å². The predicted octanol–water partition coefficient (Wildman–Crippen LogP) is 3.26. The van der Waals surface area contributed by atoms with Crippen LogP contribution < -0.4 is 5.32 Å². The number of H-pyrrole nitrogens is 1. The summed E-state index contributed by atoms with van der Waals surface area (Å²) in [5.41, 5.74) is 1.47. The number of hydrogen-bond acceptors (Lipinski definition) is 2. The molecule has 0 bridgehead atoms. The van der Waals surface area contributed by atoms with E-state index < -0.39 is 0 Å². The number of fused-ring (bicyclic) bond motifs is 1. The van der Waals surface area contributed by atoms with E-state index in [-0.39, 0.29) is 11.9 Å². The van der Waals surface area contributed by atoms with Gasteiger partial charge in [-0.2, -0.15) is 5.10 Å². The fourth-order valence-corrected chi connectivity index (χ4v) is 2.23. The SMILES string of the molecule is CCCCCC(C)NC(=O)c1cccc2cn[nH]c12. The molecule has 4 nitrogen and oxygen atoms in total. The van der Waals surface area contributed by atoms with Gasteiger partial charge in [-0.1, -0.05) is 38.3 Å². The first kappa shape index (κ1) is 13.6. The van der Waals surface area contributed by atoms with Crippen LogP contribution in [0.25, 0.3) is 10.9 Å². The van der Waals surface area contributed by atoms with Gasteiger partial charge in [0.1, 0.15) is 0 Å². The number of nitrogens with zero attached hydrogens (tertiary/aromatic N) is 1. The van der Waals surface area contributed by atoms with Crippen molar-refractivity contribution in [1.82, 2.24) is 15.5 Å². The van der Waals surface area contributed by atoms with Crippen molar-refractivity contribution in [2.24, 2.45) is 0 Å². The van der Waals surface area contributed by atoms with Gasteiger partial charge >= 0.3 is 0 Å². The van der Waals surface area contributed by atoms with Crippen LogP contribution in [0, 0.1) is 0 Å². The molecule has 1 heterocycles. The smallest absolute Gasteiger partial charge is 0.253 e. The highest BCUT2D eigenvalue weighted by molar-refractivity contribution is 6.05. The third kappa shape index (κ3) is 3.34. The Morgan fingerprint density at radius 3 is 3.05 bits per heavy atom. The molecule has 0 saturated heterocycles. The molecule has 0 aliphatic heterocycles. The summed E-state index contributed by atoms with van der Waals surface area (Å²) >= 11 is 0. The highest BCUT2D eigenvalue weighted by atomic mass is 16.1. The lowest BCUT2D eigenvalue weighted by atomic mass is 10.1. The highest BCUT2D eigenvalue weighted by Crippen LogP contribution is 2.15. The van der Waals surface area contributed by atoms with Crippen molar-refractivity contribution < 1.29 is 4.79 Å². The summed E-state index contributed by atoms with van der Waals surface area (Å²) < 4.78 is 0. The van der Waals surface area contributed by atoms with Crippen molar-refractivity contribution in [1.29, 1.82) is 0 Å². The topological polar surface area (TPSA) is 57.8 Å². The molecule has 0 radical (unpaired) electrons. The molecule has 102 valence electrons. The summed E-state index contributed by atoms with van der Waals surface area (Å²) in [6.45, 7) is 4.24. The summed E-state index contributed by atoms with van der Waals surface area (Å²) in [6.07, 6.45) is 6.34. The van der Waals surface area contributed by atoms with Crippen LogP contribution in [-0.4, -0.2) is 22.1 Å². The lowest BCUT2D eigenvalue weighted by Crippen LogP contribution is -2.32. The van der Waals surface area contributed by atoms with Crippen molar-refractivity contribution in [2.45, 2.75) is 45.6 Å². The molecule has 1 amide bonds. The van der Waals surface area contributed by atoms with Crippen molar-refractivity contribution in [3.8, 4) is 0 Å². The van der Waals surface area contributed by atoms with Crippen LogP contribution >= 0.6 is 0 Å². The van der Waals surface area contributed by atoms with Gasteiger partial charge in [-0.25, -0.2) is 0 Å². The normalized spacial score (nSPS) is 12.5. The number of hydrogen-bond donors (Lipinski definition) is 2. The van der Waals surface area contributed by atoms with E-state index in [1.165, 1.54) is 12.8 Å². The van der Waals surface area contributed by atoms with Crippen LogP contribution in [0.15, 0.2) is 24.4 Å². The first-order valence-electron chi connectivity index (χ1n) is 6.95. The maximum atomic E-state index is 12.2. The van der Waals surface area contributed by atoms with Crippen LogP contribution in [0.5, 0.6) is 0 Å². The van der Waals surface area contributed by atoms with Gasteiger partial charge in [-0.05, 0) is 19.4 Å². The zero-order valence-corrected chi connectivity index (χ0v) is 11.6. The molecule has 1 atom stereocenters. The molecule has 0 fully saturated rings. The molecular weight excluding hydrogens is 238 g/mol. The Hall–Kier alpha value is -1.84. The van der Waals surface area contributed by atoms with E-state index in [4.69, 9.17) is 0 Å². The molecule has 4 heteroatoms. The number of rotatable bonds is 6. The average Bonchev–Trinajstić information content (AvgIpc) is 2.86. The summed E-state index contributed by atoms with van der Waals surface area (Å²) in [5, 5.41) is 10.9. The number of carbonyl (C=O) groups is 1. The molecule has 0 saturated carbocycles. The van der Waals surface area contributed by atoms with Gasteiger partial charge in [-0.15, -0.1) is 0 Å². The third-order valence-corrected chi connectivity index (χ3v) is 3.34. The average molecular weight is 259 g/mol. The van der Waals surface area contributed by atoms with Gasteiger partial charge in [0.15, 0.2) is 0 Å². The van der Waals surface area contributed by atoms with Crippen LogP contribution in [0.3, 0.4) is 0 Å². The number of aromatic amines is 1. The second-order valence-corrected chi connectivity index (χ2v) is 5.01. The minimum Gasteiger partial charge on any atom is -0.350 e. The molecule has 0 spiro atoms. The first-order valence-corrected chi connectivity index (χ1v) is 6.95. The monoisotopic (exact) mass is 259 g/mol. The summed E-state index contributed by atoms with van der Waals surface area (Å²) in [5.74, 6) is -0.0288. The summed E-state index contributed by atoms with van der Waals surface area (Å²) in [4.78, 5) is 12.2. The number of para-hydroxylation sites is 1. The van der Waals surface area contributed by atoms with E-state index in [0.717, 1.165) is 23.7 Å². The van der Waals surface area contributed by atoms with Crippen LogP contribution in [-0.2, 0) is 0 Å². The van der Waals surface area contributed by atoms with Crippen molar-refractivity contribution in [2.75, 3.05) is 0 Å². The molecule has 19 heavy (non-hydrogen) atoms. The lowest BCUT2D eigenvalue weighted by molar-refractivity contribution is 0.0939. The van der Waals surface area contributed by atoms with Gasteiger partial charge in [0.2, 0.25) is 0 Å². The van der Waals surface area contributed by atoms with Gasteiger partial charge in [0.25, 0.3) is 5.91 Å². The van der Waals surface area contributed by atoms with E-state index in [2.05, 4.69) is 29.4 Å². The molecule has 0 aliphatic carbocycles. The van der Waals surface area contributed by atoms with Crippen LogP contribution in [0.4, 0.5) is 0 Å². The molecule has 1 aromatic carbocycles. The Bertz CT molecular complexity index is 547. The van der Waals surface area contributed by atoms with E-state index in [1.807, 2.05) is 18.2 Å². The number of unbranched alkanes of at least 4 members (excludes halogenated alkanes) is 2. The Labute approximate surface area is 113 Å². The molecule has 2 N–H and O–H groups in total. The third-order valence-electron chi connectivity index (χ3n) is 3.34. The minimum absolute atomic E-state index is 0.0288. The number of benzene rings is 1. The molecule has 1 unspecified atom stereocenters. The lowest BCUT2D eigenvalue weighted by Gasteiger charge is -2.13. The molecule has 2 rings (SSSR count). The van der Waals surface area contributed by atoms with Gasteiger partial charge in [-0.3, -0.25) is 9.89 Å². The number of amides is 1. The maximum absolute atomic E-state index is 12.2. The first-order chi connectivity index (χ1) is 9.22. The highest BCUT2D eigenvalue weighted by Gasteiger charge is 2.13. The van der Waals surface area contributed by atoms with E-state index in [0.29, 0.717) is 5.56 Å². The second kappa shape index (κ2) is 6.36. The Morgan fingerprint density at radius 2 is 2.26 bits per heavy atom. The summed E-state index contributed by atoms with van der Waals surface area (Å²) in [7, 11) is 0. The largest absolute Gasteiger partial charge is 0.350 e. The Kier molecular flexibility index (Phi) is 4.55. The molecule has 1 aromatic heterocycles. The van der Waals surface area contributed by atoms with E-state index in [1.54, 1.807) is 6.20 Å². The predicted molar refractivity (Wildman–Crippen MR) is 77.2 cm³/mol. The molecule has 0 aliphatic rings. The van der Waals surface area contributed by atoms with E-state index >= 15 is 0 Å². The van der Waals surface area contributed by atoms with Crippen molar-refractivity contribution in [3.63, 3.8) is 0 Å². The fourth-order valence-electron chi connectivity index (χ4n) is 2.23. The van der Waals surface area contributed by atoms with Gasteiger partial charge in [0, 0.05) is 11.4 Å². The number of carbonyl (C=O) groups excluding carboxylic acids is 1. The summed E-state index contributed by atoms with van der Waals surface area (Å²) in [6, 6.07) is 5.86. The standard InChI is InChI=1S/C15H21N3O/c1-3-4-5-7-11(2)17-15(19)13-9-6-8-12-10-16-18-14(12)13/h6,8-11H,3-5,7H2,1-2H3,(H,16,18)(H,17,19). The minimum atomic E-state index is -0.0288. The second-order valence-electron chi connectivity index (χ2n) is 5.01. The zero-order chi connectivity index (χ0) is 13.7. The van der Waals surface area contributed by atoms with Crippen molar-refractivity contribution in [3.05, 3.63) is 30.0 Å². The quantitative estimate of drug-likeness (QED) is 0.782. The zero-order valence-electron chi connectivity index (χ0n) is 11.6. The van der Waals surface area contributed by atoms with E-state index in [9.17, 15) is 4.79 Å². The Morgan fingerprint density at radius 1 is 1.42 bits per heavy atom. The van der Waals surface area contributed by atoms with Crippen LogP contribution in [0.2, 0.25) is 0 Å².